The molecule has 1 rings (SSSR count). The summed E-state index contributed by atoms with van der Waals surface area (Å²) >= 11 is 0. The third kappa shape index (κ3) is 5.09. The van der Waals surface area contributed by atoms with Gasteiger partial charge < -0.3 is 24.2 Å². The first kappa shape index (κ1) is 19.2. The number of hydrogen-bond donors (Lipinski definition) is 1. The molecule has 0 aromatic rings. The van der Waals surface area contributed by atoms with E-state index in [0.29, 0.717) is 0 Å². The summed E-state index contributed by atoms with van der Waals surface area (Å²) < 4.78 is 15.6. The van der Waals surface area contributed by atoms with E-state index in [1.165, 1.54) is 0 Å². The van der Waals surface area contributed by atoms with Crippen molar-refractivity contribution in [3.05, 3.63) is 0 Å². The summed E-state index contributed by atoms with van der Waals surface area (Å²) in [5, 5.41) is 9.48. The molecular weight excluding hydrogens is 306 g/mol. The van der Waals surface area contributed by atoms with Crippen molar-refractivity contribution < 1.29 is 33.7 Å². The molecule has 0 spiro atoms. The van der Waals surface area contributed by atoms with Gasteiger partial charge in [0, 0.05) is 6.54 Å². The van der Waals surface area contributed by atoms with Gasteiger partial charge in [0.05, 0.1) is 13.2 Å². The lowest BCUT2D eigenvalue weighted by atomic mass is 10.0. The summed E-state index contributed by atoms with van der Waals surface area (Å²) in [4.78, 5) is 37.3. The van der Waals surface area contributed by atoms with Crippen molar-refractivity contribution in [2.45, 2.75) is 58.3 Å². The molecule has 1 saturated heterocycles. The molecular formula is C15H25NO7. The fourth-order valence-corrected chi connectivity index (χ4v) is 1.91. The number of carbonyl (C=O) groups excluding carboxylic acids is 2. The summed E-state index contributed by atoms with van der Waals surface area (Å²) in [7, 11) is 0. The third-order valence-electron chi connectivity index (χ3n) is 2.85. The van der Waals surface area contributed by atoms with Crippen molar-refractivity contribution >= 4 is 18.0 Å². The topological polar surface area (TPSA) is 102 Å². The molecule has 132 valence electrons. The lowest BCUT2D eigenvalue weighted by molar-refractivity contribution is -0.203. The Morgan fingerprint density at radius 3 is 2.00 bits per heavy atom. The van der Waals surface area contributed by atoms with Crippen molar-refractivity contribution in [3.8, 4) is 0 Å². The first-order chi connectivity index (χ1) is 10.3. The minimum absolute atomic E-state index is 0.106. The van der Waals surface area contributed by atoms with Crippen LogP contribution in [0.5, 0.6) is 0 Å². The van der Waals surface area contributed by atoms with Crippen LogP contribution in [0.25, 0.3) is 0 Å². The zero-order valence-corrected chi connectivity index (χ0v) is 14.5. The highest BCUT2D eigenvalue weighted by Gasteiger charge is 2.54. The number of carboxylic acid groups (broad SMARTS) is 1. The molecule has 1 atom stereocenters. The van der Waals surface area contributed by atoms with Crippen molar-refractivity contribution in [2.75, 3.05) is 19.7 Å². The Morgan fingerprint density at radius 2 is 1.57 bits per heavy atom. The molecule has 0 aromatic heterocycles. The highest BCUT2D eigenvalue weighted by atomic mass is 16.6. The number of nitrogens with zero attached hydrogens (tertiary/aromatic N) is 1. The van der Waals surface area contributed by atoms with Crippen LogP contribution in [0.1, 0.15) is 41.5 Å². The molecule has 0 bridgehead atoms. The van der Waals surface area contributed by atoms with Gasteiger partial charge in [-0.25, -0.2) is 14.4 Å². The Kier molecular flexibility index (Phi) is 5.30. The maximum Gasteiger partial charge on any atom is 0.410 e. The van der Waals surface area contributed by atoms with Crippen LogP contribution in [0.2, 0.25) is 0 Å². The molecule has 1 unspecified atom stereocenters. The minimum atomic E-state index is -2.25. The minimum Gasteiger partial charge on any atom is -0.479 e. The lowest BCUT2D eigenvalue weighted by Crippen LogP contribution is -2.63. The summed E-state index contributed by atoms with van der Waals surface area (Å²) in [5.41, 5.74) is -3.85. The zero-order chi connectivity index (χ0) is 18.1. The standard InChI is InChI=1S/C15H25NO7/c1-13(2,3)22-11(19)15(10(17)18)9-16(7-8-21-15)12(20)23-14(4,5)6/h7-9H2,1-6H3,(H,17,18). The number of amides is 1. The highest BCUT2D eigenvalue weighted by molar-refractivity contribution is 6.03. The SMILES string of the molecule is CC(C)(C)OC(=O)N1CCOC(C(=O)O)(C(=O)OC(C)(C)C)C1. The van der Waals surface area contributed by atoms with Gasteiger partial charge in [0.25, 0.3) is 5.60 Å². The van der Waals surface area contributed by atoms with Gasteiger partial charge in [-0.05, 0) is 41.5 Å². The van der Waals surface area contributed by atoms with Crippen LogP contribution in [0.4, 0.5) is 4.79 Å². The summed E-state index contributed by atoms with van der Waals surface area (Å²) in [6, 6.07) is 0. The highest BCUT2D eigenvalue weighted by Crippen LogP contribution is 2.25. The molecule has 0 radical (unpaired) electrons. The van der Waals surface area contributed by atoms with Gasteiger partial charge in [0.2, 0.25) is 0 Å². The molecule has 1 amide bonds. The van der Waals surface area contributed by atoms with Crippen molar-refractivity contribution in [1.82, 2.24) is 4.90 Å². The maximum atomic E-state index is 12.3. The van der Waals surface area contributed by atoms with Crippen molar-refractivity contribution in [2.24, 2.45) is 0 Å². The average Bonchev–Trinajstić information content (AvgIpc) is 2.34. The molecule has 0 saturated carbocycles. The van der Waals surface area contributed by atoms with Gasteiger partial charge in [0.1, 0.15) is 11.2 Å². The predicted molar refractivity (Wildman–Crippen MR) is 80.0 cm³/mol. The quantitative estimate of drug-likeness (QED) is 0.603. The second-order valence-corrected chi connectivity index (χ2v) is 7.38. The molecule has 0 aliphatic carbocycles. The second kappa shape index (κ2) is 6.35. The van der Waals surface area contributed by atoms with Gasteiger partial charge in [-0.15, -0.1) is 0 Å². The monoisotopic (exact) mass is 331 g/mol. The van der Waals surface area contributed by atoms with Gasteiger partial charge in [-0.1, -0.05) is 0 Å². The maximum absolute atomic E-state index is 12.3. The largest absolute Gasteiger partial charge is 0.479 e. The van der Waals surface area contributed by atoms with Crippen LogP contribution in [-0.4, -0.2) is 64.5 Å². The Labute approximate surface area is 135 Å². The van der Waals surface area contributed by atoms with Crippen molar-refractivity contribution in [3.63, 3.8) is 0 Å². The number of ether oxygens (including phenoxy) is 3. The normalized spacial score (nSPS) is 22.4. The Balaban J connectivity index is 2.99. The molecule has 23 heavy (non-hydrogen) atoms. The van der Waals surface area contributed by atoms with E-state index in [1.54, 1.807) is 41.5 Å². The van der Waals surface area contributed by atoms with E-state index in [1.807, 2.05) is 0 Å². The van der Waals surface area contributed by atoms with Gasteiger partial charge in [-0.2, -0.15) is 0 Å². The number of carboxylic acids is 1. The van der Waals surface area contributed by atoms with Gasteiger partial charge in [-0.3, -0.25) is 0 Å². The van der Waals surface area contributed by atoms with Crippen LogP contribution in [0.15, 0.2) is 0 Å². The fourth-order valence-electron chi connectivity index (χ4n) is 1.91. The number of rotatable bonds is 2. The Bertz CT molecular complexity index is 489. The number of hydrogen-bond acceptors (Lipinski definition) is 6. The van der Waals surface area contributed by atoms with E-state index >= 15 is 0 Å². The molecule has 1 fully saturated rings. The first-order valence-electron chi connectivity index (χ1n) is 7.35. The van der Waals surface area contributed by atoms with E-state index in [4.69, 9.17) is 14.2 Å². The van der Waals surface area contributed by atoms with E-state index in [9.17, 15) is 19.5 Å². The van der Waals surface area contributed by atoms with Crippen LogP contribution in [0.3, 0.4) is 0 Å². The zero-order valence-electron chi connectivity index (χ0n) is 14.5. The van der Waals surface area contributed by atoms with Crippen LogP contribution < -0.4 is 0 Å². The molecule has 1 N–H and O–H groups in total. The van der Waals surface area contributed by atoms with Crippen LogP contribution in [-0.2, 0) is 23.8 Å². The molecule has 0 aromatic carbocycles. The summed E-state index contributed by atoms with van der Waals surface area (Å²) in [6.07, 6.45) is -0.699. The Morgan fingerprint density at radius 1 is 1.04 bits per heavy atom. The fraction of sp³-hybridized carbons (Fsp3) is 0.800. The predicted octanol–water partition coefficient (Wildman–Crippen LogP) is 1.42. The smallest absolute Gasteiger partial charge is 0.410 e. The van der Waals surface area contributed by atoms with Gasteiger partial charge >= 0.3 is 18.0 Å². The van der Waals surface area contributed by atoms with E-state index in [2.05, 4.69) is 0 Å². The Hall–Kier alpha value is -1.83. The molecule has 1 aliphatic rings. The molecule has 1 aliphatic heterocycles. The summed E-state index contributed by atoms with van der Waals surface area (Å²) in [6.45, 7) is 9.51. The van der Waals surface area contributed by atoms with E-state index in [0.717, 1.165) is 4.90 Å². The molecule has 8 heteroatoms. The lowest BCUT2D eigenvalue weighted by Gasteiger charge is -2.39. The number of carbonyl (C=O) groups is 3. The van der Waals surface area contributed by atoms with Crippen LogP contribution in [0, 0.1) is 0 Å². The molecule has 8 nitrogen and oxygen atoms in total. The third-order valence-corrected chi connectivity index (χ3v) is 2.85. The number of morpholine rings is 1. The van der Waals surface area contributed by atoms with Crippen molar-refractivity contribution in [1.29, 1.82) is 0 Å². The first-order valence-corrected chi connectivity index (χ1v) is 7.35. The number of aliphatic carboxylic acids is 1. The van der Waals surface area contributed by atoms with E-state index < -0.39 is 41.4 Å². The summed E-state index contributed by atoms with van der Waals surface area (Å²) in [5.74, 6) is -2.54. The molecule has 1 heterocycles. The van der Waals surface area contributed by atoms with Gasteiger partial charge in [0.15, 0.2) is 0 Å². The van der Waals surface area contributed by atoms with Crippen LogP contribution >= 0.6 is 0 Å². The average molecular weight is 331 g/mol. The van der Waals surface area contributed by atoms with E-state index in [-0.39, 0.29) is 13.2 Å². The second-order valence-electron chi connectivity index (χ2n) is 7.38. The number of esters is 1.